The highest BCUT2D eigenvalue weighted by molar-refractivity contribution is 6.48. The first-order valence-corrected chi connectivity index (χ1v) is 6.69. The summed E-state index contributed by atoms with van der Waals surface area (Å²) in [7, 11) is 0. The molecule has 0 bridgehead atoms. The van der Waals surface area contributed by atoms with Crippen molar-refractivity contribution in [3.63, 3.8) is 0 Å². The van der Waals surface area contributed by atoms with E-state index in [1.54, 1.807) is 0 Å². The van der Waals surface area contributed by atoms with Crippen LogP contribution >= 0.6 is 34.8 Å². The third-order valence-corrected chi connectivity index (χ3v) is 3.94. The summed E-state index contributed by atoms with van der Waals surface area (Å²) >= 11 is 17.6. The number of nitrogens with zero attached hydrogens (tertiary/aromatic N) is 1. The Hall–Kier alpha value is -1.01. The largest absolute Gasteiger partial charge is 0.417 e. The van der Waals surface area contributed by atoms with Gasteiger partial charge in [-0.1, -0.05) is 34.8 Å². The van der Waals surface area contributed by atoms with Gasteiger partial charge in [0.25, 0.3) is 0 Å². The third-order valence-electron chi connectivity index (χ3n) is 2.74. The minimum absolute atomic E-state index is 0.0810. The average Bonchev–Trinajstić information content (AvgIpc) is 2.42. The van der Waals surface area contributed by atoms with Crippen molar-refractivity contribution in [1.82, 2.24) is 4.98 Å². The number of hydrogen-bond acceptors (Lipinski definition) is 2. The van der Waals surface area contributed by atoms with Crippen molar-refractivity contribution in [3.05, 3.63) is 50.7 Å². The molecule has 0 atom stereocenters. The fourth-order valence-corrected chi connectivity index (χ4v) is 2.33. The maximum absolute atomic E-state index is 12.8. The van der Waals surface area contributed by atoms with Gasteiger partial charge in [0.2, 0.25) is 0 Å². The second-order valence-corrected chi connectivity index (χ2v) is 5.32. The summed E-state index contributed by atoms with van der Waals surface area (Å²) in [4.78, 5) is 3.63. The molecule has 0 amide bonds. The minimum Gasteiger partial charge on any atom is -0.390 e. The standard InChI is InChI=1S/C13H7Cl3F3NO/c14-9-1-6(2-10(15)12(9)16)8-3-7(13(17,18)19)4-20-11(8)5-21/h1-4,21H,5H2. The van der Waals surface area contributed by atoms with Gasteiger partial charge in [-0.2, -0.15) is 13.2 Å². The molecule has 0 spiro atoms. The van der Waals surface area contributed by atoms with Crippen LogP contribution in [0.2, 0.25) is 15.1 Å². The zero-order chi connectivity index (χ0) is 15.8. The summed E-state index contributed by atoms with van der Waals surface area (Å²) in [6, 6.07) is 3.62. The van der Waals surface area contributed by atoms with Gasteiger partial charge >= 0.3 is 6.18 Å². The Morgan fingerprint density at radius 1 is 1.05 bits per heavy atom. The summed E-state index contributed by atoms with van der Waals surface area (Å²) in [6.45, 7) is -0.522. The summed E-state index contributed by atoms with van der Waals surface area (Å²) in [5.74, 6) is 0. The molecule has 2 rings (SSSR count). The molecule has 2 aromatic rings. The van der Waals surface area contributed by atoms with E-state index in [-0.39, 0.29) is 31.9 Å². The highest BCUT2D eigenvalue weighted by atomic mass is 35.5. The number of alkyl halides is 3. The molecular formula is C13H7Cl3F3NO. The Morgan fingerprint density at radius 2 is 1.62 bits per heavy atom. The van der Waals surface area contributed by atoms with Crippen molar-refractivity contribution in [2.75, 3.05) is 0 Å². The van der Waals surface area contributed by atoms with Crippen molar-refractivity contribution in [2.45, 2.75) is 12.8 Å². The van der Waals surface area contributed by atoms with Gasteiger partial charge in [0.15, 0.2) is 0 Å². The molecule has 0 saturated carbocycles. The predicted molar refractivity (Wildman–Crippen MR) is 75.6 cm³/mol. The Labute approximate surface area is 133 Å². The van der Waals surface area contributed by atoms with Gasteiger partial charge in [-0.05, 0) is 23.8 Å². The van der Waals surface area contributed by atoms with Crippen molar-refractivity contribution in [1.29, 1.82) is 0 Å². The van der Waals surface area contributed by atoms with Crippen LogP contribution in [-0.4, -0.2) is 10.1 Å². The van der Waals surface area contributed by atoms with Crippen LogP contribution in [0.5, 0.6) is 0 Å². The zero-order valence-corrected chi connectivity index (χ0v) is 12.4. The Bertz CT molecular complexity index is 666. The van der Waals surface area contributed by atoms with Crippen LogP contribution < -0.4 is 0 Å². The van der Waals surface area contributed by atoms with Crippen molar-refractivity contribution < 1.29 is 18.3 Å². The first-order chi connectivity index (χ1) is 9.74. The summed E-state index contributed by atoms with van der Waals surface area (Å²) in [5.41, 5.74) is -0.473. The smallest absolute Gasteiger partial charge is 0.390 e. The molecule has 0 aliphatic carbocycles. The zero-order valence-electron chi connectivity index (χ0n) is 10.2. The normalized spacial score (nSPS) is 11.8. The van der Waals surface area contributed by atoms with E-state index >= 15 is 0 Å². The second kappa shape index (κ2) is 6.01. The van der Waals surface area contributed by atoms with Crippen LogP contribution in [0.4, 0.5) is 13.2 Å². The Morgan fingerprint density at radius 3 is 2.10 bits per heavy atom. The molecule has 0 radical (unpaired) electrons. The van der Waals surface area contributed by atoms with Gasteiger partial charge in [-0.3, -0.25) is 4.98 Å². The first-order valence-electron chi connectivity index (χ1n) is 5.56. The molecule has 1 N–H and O–H groups in total. The molecule has 8 heteroatoms. The lowest BCUT2D eigenvalue weighted by atomic mass is 10.0. The second-order valence-electron chi connectivity index (χ2n) is 4.13. The van der Waals surface area contributed by atoms with Crippen LogP contribution in [-0.2, 0) is 12.8 Å². The number of benzene rings is 1. The molecule has 0 aliphatic rings. The fourth-order valence-electron chi connectivity index (χ4n) is 1.74. The molecule has 112 valence electrons. The maximum atomic E-state index is 12.8. The lowest BCUT2D eigenvalue weighted by Crippen LogP contribution is -2.07. The highest BCUT2D eigenvalue weighted by Gasteiger charge is 2.31. The average molecular weight is 357 g/mol. The van der Waals surface area contributed by atoms with Crippen LogP contribution in [0.3, 0.4) is 0 Å². The minimum atomic E-state index is -4.55. The number of aliphatic hydroxyl groups excluding tert-OH is 1. The van der Waals surface area contributed by atoms with Gasteiger partial charge in [0.1, 0.15) is 0 Å². The van der Waals surface area contributed by atoms with Crippen LogP contribution in [0.25, 0.3) is 11.1 Å². The third kappa shape index (κ3) is 3.43. The van der Waals surface area contributed by atoms with Gasteiger partial charge < -0.3 is 5.11 Å². The molecule has 1 heterocycles. The maximum Gasteiger partial charge on any atom is 0.417 e. The molecule has 0 fully saturated rings. The lowest BCUT2D eigenvalue weighted by molar-refractivity contribution is -0.137. The molecule has 0 aliphatic heterocycles. The van der Waals surface area contributed by atoms with Gasteiger partial charge in [0, 0.05) is 11.8 Å². The summed E-state index contributed by atoms with van der Waals surface area (Å²) in [5, 5.41) is 9.53. The highest BCUT2D eigenvalue weighted by Crippen LogP contribution is 2.38. The SMILES string of the molecule is OCc1ncc(C(F)(F)F)cc1-c1cc(Cl)c(Cl)c(Cl)c1. The van der Waals surface area contributed by atoms with Crippen LogP contribution in [0.15, 0.2) is 24.4 Å². The van der Waals surface area contributed by atoms with E-state index in [9.17, 15) is 18.3 Å². The Kier molecular flexibility index (Phi) is 4.68. The number of halogens is 6. The van der Waals surface area contributed by atoms with E-state index in [0.717, 1.165) is 6.07 Å². The summed E-state index contributed by atoms with van der Waals surface area (Å²) < 4.78 is 38.3. The molecular weight excluding hydrogens is 350 g/mol. The van der Waals surface area contributed by atoms with Gasteiger partial charge in [-0.15, -0.1) is 0 Å². The van der Waals surface area contributed by atoms with Gasteiger partial charge in [0.05, 0.1) is 32.9 Å². The lowest BCUT2D eigenvalue weighted by Gasteiger charge is -2.13. The first kappa shape index (κ1) is 16.4. The monoisotopic (exact) mass is 355 g/mol. The van der Waals surface area contributed by atoms with E-state index < -0.39 is 18.3 Å². The molecule has 21 heavy (non-hydrogen) atoms. The molecule has 0 unspecified atom stereocenters. The van der Waals surface area contributed by atoms with Crippen LogP contribution in [0, 0.1) is 0 Å². The molecule has 2 nitrogen and oxygen atoms in total. The number of rotatable bonds is 2. The molecule has 0 saturated heterocycles. The number of aromatic nitrogens is 1. The Balaban J connectivity index is 2.67. The van der Waals surface area contributed by atoms with Crippen molar-refractivity contribution in [2.24, 2.45) is 0 Å². The van der Waals surface area contributed by atoms with E-state index in [1.165, 1.54) is 12.1 Å². The quantitative estimate of drug-likeness (QED) is 0.748. The van der Waals surface area contributed by atoms with Crippen molar-refractivity contribution >= 4 is 34.8 Å². The van der Waals surface area contributed by atoms with E-state index in [0.29, 0.717) is 6.20 Å². The number of hydrogen-bond donors (Lipinski definition) is 1. The topological polar surface area (TPSA) is 33.1 Å². The molecule has 1 aromatic heterocycles. The van der Waals surface area contributed by atoms with E-state index in [2.05, 4.69) is 4.98 Å². The summed E-state index contributed by atoms with van der Waals surface area (Å²) in [6.07, 6.45) is -3.88. The van der Waals surface area contributed by atoms with Crippen molar-refractivity contribution in [3.8, 4) is 11.1 Å². The van der Waals surface area contributed by atoms with E-state index in [1.807, 2.05) is 0 Å². The fraction of sp³-hybridized carbons (Fsp3) is 0.154. The number of aliphatic hydroxyl groups is 1. The predicted octanol–water partition coefficient (Wildman–Crippen LogP) is 5.22. The molecule has 1 aromatic carbocycles. The van der Waals surface area contributed by atoms with Crippen LogP contribution in [0.1, 0.15) is 11.3 Å². The van der Waals surface area contributed by atoms with Gasteiger partial charge in [-0.25, -0.2) is 0 Å². The van der Waals surface area contributed by atoms with E-state index in [4.69, 9.17) is 34.8 Å². The number of pyridine rings is 1.